The van der Waals surface area contributed by atoms with Crippen molar-refractivity contribution in [3.8, 4) is 11.8 Å². The van der Waals surface area contributed by atoms with E-state index in [1.807, 2.05) is 6.07 Å². The number of hydrogen-bond acceptors (Lipinski definition) is 6. The van der Waals surface area contributed by atoms with E-state index in [-0.39, 0.29) is 6.42 Å². The molecule has 1 aromatic heterocycles. The number of nitrogens with zero attached hydrogens (tertiary/aromatic N) is 2. The molecule has 0 saturated carbocycles. The predicted octanol–water partition coefficient (Wildman–Crippen LogP) is 2.25. The van der Waals surface area contributed by atoms with Crippen LogP contribution in [0.25, 0.3) is 0 Å². The fraction of sp³-hybridized carbons (Fsp3) is 0.368. The van der Waals surface area contributed by atoms with Crippen molar-refractivity contribution in [3.05, 3.63) is 64.6 Å². The summed E-state index contributed by atoms with van der Waals surface area (Å²) in [6, 6.07) is 13.5. The summed E-state index contributed by atoms with van der Waals surface area (Å²) in [6.45, 7) is 5.04. The second-order valence-electron chi connectivity index (χ2n) is 6.79. The summed E-state index contributed by atoms with van der Waals surface area (Å²) in [5, 5.41) is 21.1. The Balaban J connectivity index is 2.32. The molecule has 0 aliphatic rings. The van der Waals surface area contributed by atoms with Gasteiger partial charge in [0.25, 0.3) is 10.1 Å². The summed E-state index contributed by atoms with van der Waals surface area (Å²) in [5.74, 6) is 0.459. The Labute approximate surface area is 159 Å². The van der Waals surface area contributed by atoms with E-state index in [4.69, 9.17) is 14.2 Å². The summed E-state index contributed by atoms with van der Waals surface area (Å²) < 4.78 is 35.5. The normalized spacial score (nSPS) is 13.0. The van der Waals surface area contributed by atoms with Gasteiger partial charge in [-0.2, -0.15) is 18.4 Å². The average Bonchev–Trinajstić information content (AvgIpc) is 2.57. The van der Waals surface area contributed by atoms with Crippen molar-refractivity contribution in [2.75, 3.05) is 6.26 Å². The Hall–Kier alpha value is -2.63. The third kappa shape index (κ3) is 5.67. The van der Waals surface area contributed by atoms with Gasteiger partial charge in [-0.25, -0.2) is 0 Å². The van der Waals surface area contributed by atoms with Gasteiger partial charge < -0.3 is 9.94 Å². The molecule has 7 nitrogen and oxygen atoms in total. The Morgan fingerprint density at radius 1 is 1.22 bits per heavy atom. The number of pyridine rings is 1. The van der Waals surface area contributed by atoms with Crippen LogP contribution in [0, 0.1) is 23.5 Å². The smallest absolute Gasteiger partial charge is 0.264 e. The largest absolute Gasteiger partial charge is 0.618 e. The van der Waals surface area contributed by atoms with Crippen LogP contribution in [0.4, 0.5) is 0 Å². The lowest BCUT2D eigenvalue weighted by Crippen LogP contribution is -2.48. The zero-order valence-electron chi connectivity index (χ0n) is 15.7. The van der Waals surface area contributed by atoms with E-state index in [0.717, 1.165) is 11.0 Å². The summed E-state index contributed by atoms with van der Waals surface area (Å²) in [5.41, 5.74) is 0.279. The minimum Gasteiger partial charge on any atom is -0.618 e. The first-order valence-corrected chi connectivity index (χ1v) is 10.1. The van der Waals surface area contributed by atoms with E-state index < -0.39 is 21.8 Å². The average molecular weight is 390 g/mol. The van der Waals surface area contributed by atoms with Crippen molar-refractivity contribution in [1.82, 2.24) is 0 Å². The molecule has 0 bridgehead atoms. The molecular weight excluding hydrogens is 368 g/mol. The van der Waals surface area contributed by atoms with Gasteiger partial charge in [0, 0.05) is 19.1 Å². The third-order valence-electron chi connectivity index (χ3n) is 4.03. The fourth-order valence-corrected chi connectivity index (χ4v) is 3.30. The molecule has 2 rings (SSSR count). The highest BCUT2D eigenvalue weighted by Gasteiger charge is 2.37. The summed E-state index contributed by atoms with van der Waals surface area (Å²) in [7, 11) is -3.79. The minimum atomic E-state index is -3.79. The Morgan fingerprint density at radius 2 is 1.85 bits per heavy atom. The molecule has 27 heavy (non-hydrogen) atoms. The minimum absolute atomic E-state index is 0.0432. The Morgan fingerprint density at radius 3 is 2.41 bits per heavy atom. The van der Waals surface area contributed by atoms with Crippen molar-refractivity contribution < 1.29 is 22.1 Å². The lowest BCUT2D eigenvalue weighted by Gasteiger charge is -2.33. The number of aryl methyl sites for hydroxylation is 1. The number of hydrogen-bond donors (Lipinski definition) is 0. The molecular formula is C19H22N2O5S. The number of ether oxygens (including phenoxy) is 1. The molecule has 2 aromatic rings. The van der Waals surface area contributed by atoms with Gasteiger partial charge in [-0.15, -0.1) is 0 Å². The highest BCUT2D eigenvalue weighted by atomic mass is 32.2. The quantitative estimate of drug-likeness (QED) is 0.408. The maximum absolute atomic E-state index is 12.3. The zero-order valence-corrected chi connectivity index (χ0v) is 16.5. The van der Waals surface area contributed by atoms with Crippen LogP contribution < -0.4 is 9.47 Å². The predicted molar refractivity (Wildman–Crippen MR) is 99.4 cm³/mol. The van der Waals surface area contributed by atoms with E-state index in [9.17, 15) is 13.6 Å². The third-order valence-corrected chi connectivity index (χ3v) is 4.61. The molecule has 8 heteroatoms. The molecule has 0 saturated heterocycles. The highest BCUT2D eigenvalue weighted by Crippen LogP contribution is 2.26. The van der Waals surface area contributed by atoms with Gasteiger partial charge >= 0.3 is 0 Å². The van der Waals surface area contributed by atoms with Crippen LogP contribution in [-0.2, 0) is 20.7 Å². The molecule has 0 fully saturated rings. The lowest BCUT2D eigenvalue weighted by atomic mass is 9.96. The molecule has 144 valence electrons. The Kier molecular flexibility index (Phi) is 6.08. The maximum atomic E-state index is 12.3. The molecule has 1 aromatic carbocycles. The maximum Gasteiger partial charge on any atom is 0.264 e. The first-order chi connectivity index (χ1) is 12.5. The van der Waals surface area contributed by atoms with Gasteiger partial charge in [-0.3, -0.25) is 4.18 Å². The van der Waals surface area contributed by atoms with Gasteiger partial charge in [0.2, 0.25) is 0 Å². The van der Waals surface area contributed by atoms with Crippen LogP contribution in [0.15, 0.2) is 42.5 Å². The topological polar surface area (TPSA) is 103 Å². The number of rotatable bonds is 7. The van der Waals surface area contributed by atoms with Crippen molar-refractivity contribution in [2.24, 2.45) is 0 Å². The van der Waals surface area contributed by atoms with Gasteiger partial charge in [0.05, 0.1) is 24.3 Å². The van der Waals surface area contributed by atoms with Crippen LogP contribution in [0.5, 0.6) is 5.75 Å². The van der Waals surface area contributed by atoms with Gasteiger partial charge in [0.1, 0.15) is 17.5 Å². The van der Waals surface area contributed by atoms with Gasteiger partial charge in [-0.05, 0) is 44.2 Å². The van der Waals surface area contributed by atoms with E-state index in [0.29, 0.717) is 22.7 Å². The monoisotopic (exact) mass is 390 g/mol. The molecule has 1 unspecified atom stereocenters. The van der Waals surface area contributed by atoms with Crippen LogP contribution in [0.3, 0.4) is 0 Å². The number of nitriles is 1. The fourth-order valence-electron chi connectivity index (χ4n) is 2.57. The second-order valence-corrected chi connectivity index (χ2v) is 8.39. The zero-order chi connectivity index (χ0) is 20.2. The second kappa shape index (κ2) is 7.94. The molecule has 0 aliphatic heterocycles. The standard InChI is InChI=1S/C19H22N2O5S/c1-14-6-5-7-16(21(14)22)12-18(26-27(4,23)24)19(2,3)25-17-10-8-15(13-20)9-11-17/h5-11,18H,12H2,1-4H3. The van der Waals surface area contributed by atoms with Gasteiger partial charge in [-0.1, -0.05) is 0 Å². The summed E-state index contributed by atoms with van der Waals surface area (Å²) >= 11 is 0. The first kappa shape index (κ1) is 20.7. The molecule has 0 radical (unpaired) electrons. The van der Waals surface area contributed by atoms with E-state index >= 15 is 0 Å². The molecule has 0 spiro atoms. The van der Waals surface area contributed by atoms with E-state index in [1.54, 1.807) is 63.2 Å². The van der Waals surface area contributed by atoms with Crippen LogP contribution in [-0.4, -0.2) is 26.4 Å². The van der Waals surface area contributed by atoms with Crippen molar-refractivity contribution in [3.63, 3.8) is 0 Å². The lowest BCUT2D eigenvalue weighted by molar-refractivity contribution is -0.621. The first-order valence-electron chi connectivity index (χ1n) is 8.27. The van der Waals surface area contributed by atoms with Gasteiger partial charge in [0.15, 0.2) is 11.4 Å². The molecule has 1 heterocycles. The SMILES string of the molecule is Cc1cccc(CC(OS(C)(=O)=O)C(C)(C)Oc2ccc(C#N)cc2)[n+]1[O-]. The molecule has 1 atom stereocenters. The summed E-state index contributed by atoms with van der Waals surface area (Å²) in [6.07, 6.45) is 0.0611. The van der Waals surface area contributed by atoms with Crippen molar-refractivity contribution in [2.45, 2.75) is 38.9 Å². The highest BCUT2D eigenvalue weighted by molar-refractivity contribution is 7.86. The van der Waals surface area contributed by atoms with E-state index in [2.05, 4.69) is 0 Å². The van der Waals surface area contributed by atoms with Crippen molar-refractivity contribution in [1.29, 1.82) is 5.26 Å². The van der Waals surface area contributed by atoms with Crippen LogP contribution >= 0.6 is 0 Å². The molecule has 0 aliphatic carbocycles. The summed E-state index contributed by atoms with van der Waals surface area (Å²) in [4.78, 5) is 0. The van der Waals surface area contributed by atoms with E-state index in [1.165, 1.54) is 0 Å². The Bertz CT molecular complexity index is 947. The number of benzene rings is 1. The molecule has 0 amide bonds. The van der Waals surface area contributed by atoms with Crippen LogP contribution in [0.1, 0.15) is 30.8 Å². The van der Waals surface area contributed by atoms with Crippen LogP contribution in [0.2, 0.25) is 0 Å². The number of aromatic nitrogens is 1. The van der Waals surface area contributed by atoms with Crippen molar-refractivity contribution >= 4 is 10.1 Å². The molecule has 0 N–H and O–H groups in total.